The van der Waals surface area contributed by atoms with Gasteiger partial charge in [-0.3, -0.25) is 0 Å². The van der Waals surface area contributed by atoms with Crippen LogP contribution in [0.2, 0.25) is 0 Å². The van der Waals surface area contributed by atoms with Gasteiger partial charge in [-0.15, -0.1) is 5.10 Å². The molecule has 0 aliphatic heterocycles. The SMILES string of the molecule is COCC(Cn1nnnc1-c1cc(C)cc(N)c1)OC. The molecule has 1 aromatic carbocycles. The zero-order valence-corrected chi connectivity index (χ0v) is 11.9. The zero-order valence-electron chi connectivity index (χ0n) is 11.9. The number of tetrazole rings is 1. The Morgan fingerprint density at radius 2 is 2.10 bits per heavy atom. The molecule has 0 spiro atoms. The van der Waals surface area contributed by atoms with Crippen molar-refractivity contribution in [3.05, 3.63) is 23.8 Å². The van der Waals surface area contributed by atoms with Crippen LogP contribution in [-0.4, -0.2) is 47.1 Å². The number of hydrogen-bond acceptors (Lipinski definition) is 6. The van der Waals surface area contributed by atoms with Gasteiger partial charge in [-0.25, -0.2) is 4.68 Å². The lowest BCUT2D eigenvalue weighted by Gasteiger charge is -2.14. The molecule has 0 saturated heterocycles. The van der Waals surface area contributed by atoms with Gasteiger partial charge in [0, 0.05) is 25.5 Å². The first-order valence-electron chi connectivity index (χ1n) is 6.29. The Kier molecular flexibility index (Phi) is 4.65. The van der Waals surface area contributed by atoms with Crippen molar-refractivity contribution in [1.29, 1.82) is 0 Å². The minimum absolute atomic E-state index is 0.107. The number of nitrogens with two attached hydrogens (primary N) is 1. The van der Waals surface area contributed by atoms with Crippen LogP contribution in [-0.2, 0) is 16.0 Å². The Bertz CT molecular complexity index is 549. The van der Waals surface area contributed by atoms with Crippen LogP contribution in [0.5, 0.6) is 0 Å². The summed E-state index contributed by atoms with van der Waals surface area (Å²) < 4.78 is 12.1. The summed E-state index contributed by atoms with van der Waals surface area (Å²) in [7, 11) is 3.27. The summed E-state index contributed by atoms with van der Waals surface area (Å²) in [6.07, 6.45) is -0.107. The molecule has 108 valence electrons. The van der Waals surface area contributed by atoms with Crippen LogP contribution < -0.4 is 5.73 Å². The highest BCUT2D eigenvalue weighted by Crippen LogP contribution is 2.21. The lowest BCUT2D eigenvalue weighted by Crippen LogP contribution is -2.25. The topological polar surface area (TPSA) is 88.1 Å². The van der Waals surface area contributed by atoms with Crippen molar-refractivity contribution in [2.45, 2.75) is 19.6 Å². The van der Waals surface area contributed by atoms with Gasteiger partial charge >= 0.3 is 0 Å². The molecular formula is C13H19N5O2. The lowest BCUT2D eigenvalue weighted by molar-refractivity contribution is 0.0163. The number of benzene rings is 1. The quantitative estimate of drug-likeness (QED) is 0.789. The molecule has 0 radical (unpaired) electrons. The minimum Gasteiger partial charge on any atom is -0.399 e. The van der Waals surface area contributed by atoms with Crippen molar-refractivity contribution < 1.29 is 9.47 Å². The fraction of sp³-hybridized carbons (Fsp3) is 0.462. The molecule has 1 atom stereocenters. The highest BCUT2D eigenvalue weighted by molar-refractivity contribution is 5.62. The van der Waals surface area contributed by atoms with Gasteiger partial charge in [0.05, 0.1) is 13.2 Å². The Labute approximate surface area is 117 Å². The van der Waals surface area contributed by atoms with E-state index < -0.39 is 0 Å². The molecule has 0 bridgehead atoms. The summed E-state index contributed by atoms with van der Waals surface area (Å²) in [5.41, 5.74) is 8.51. The van der Waals surface area contributed by atoms with Gasteiger partial charge in [-0.2, -0.15) is 0 Å². The summed E-state index contributed by atoms with van der Waals surface area (Å²) >= 11 is 0. The van der Waals surface area contributed by atoms with E-state index in [-0.39, 0.29) is 6.10 Å². The molecule has 0 amide bonds. The van der Waals surface area contributed by atoms with Crippen molar-refractivity contribution in [2.75, 3.05) is 26.6 Å². The second-order valence-electron chi connectivity index (χ2n) is 4.63. The number of nitrogens with zero attached hydrogens (tertiary/aromatic N) is 4. The van der Waals surface area contributed by atoms with E-state index in [1.807, 2.05) is 25.1 Å². The summed E-state index contributed by atoms with van der Waals surface area (Å²) in [6.45, 7) is 2.98. The standard InChI is InChI=1S/C13H19N5O2/c1-9-4-10(6-11(14)5-9)13-15-16-17-18(13)7-12(20-3)8-19-2/h4-6,12H,7-8,14H2,1-3H3. The number of anilines is 1. The summed E-state index contributed by atoms with van der Waals surface area (Å²) in [5, 5.41) is 11.8. The Hall–Kier alpha value is -1.99. The summed E-state index contributed by atoms with van der Waals surface area (Å²) in [6, 6.07) is 5.75. The van der Waals surface area contributed by atoms with Crippen LogP contribution in [0.1, 0.15) is 5.56 Å². The molecule has 1 unspecified atom stereocenters. The molecule has 7 heteroatoms. The maximum Gasteiger partial charge on any atom is 0.182 e. The van der Waals surface area contributed by atoms with Crippen molar-refractivity contribution in [3.63, 3.8) is 0 Å². The molecule has 1 aromatic heterocycles. The van der Waals surface area contributed by atoms with E-state index in [0.717, 1.165) is 11.1 Å². The van der Waals surface area contributed by atoms with Crippen molar-refractivity contribution in [3.8, 4) is 11.4 Å². The monoisotopic (exact) mass is 277 g/mol. The molecule has 2 rings (SSSR count). The van der Waals surface area contributed by atoms with Gasteiger partial charge in [-0.1, -0.05) is 0 Å². The highest BCUT2D eigenvalue weighted by atomic mass is 16.5. The van der Waals surface area contributed by atoms with Crippen LogP contribution in [0.3, 0.4) is 0 Å². The second-order valence-corrected chi connectivity index (χ2v) is 4.63. The Balaban J connectivity index is 2.27. The zero-order chi connectivity index (χ0) is 14.5. The van der Waals surface area contributed by atoms with Gasteiger partial charge in [-0.05, 0) is 41.1 Å². The molecule has 2 aromatic rings. The minimum atomic E-state index is -0.107. The number of nitrogen functional groups attached to an aromatic ring is 1. The van der Waals surface area contributed by atoms with Crippen LogP contribution in [0.15, 0.2) is 18.2 Å². The predicted molar refractivity (Wildman–Crippen MR) is 75.1 cm³/mol. The predicted octanol–water partition coefficient (Wildman–Crippen LogP) is 0.892. The molecule has 0 aliphatic rings. The van der Waals surface area contributed by atoms with Crippen molar-refractivity contribution >= 4 is 5.69 Å². The first-order chi connectivity index (χ1) is 9.63. The van der Waals surface area contributed by atoms with Gasteiger partial charge in [0.2, 0.25) is 0 Å². The van der Waals surface area contributed by atoms with Crippen LogP contribution in [0, 0.1) is 6.92 Å². The van der Waals surface area contributed by atoms with Gasteiger partial charge in [0.25, 0.3) is 0 Å². The third kappa shape index (κ3) is 3.31. The first-order valence-corrected chi connectivity index (χ1v) is 6.29. The molecule has 1 heterocycles. The third-order valence-electron chi connectivity index (χ3n) is 2.95. The Morgan fingerprint density at radius 3 is 2.75 bits per heavy atom. The maximum atomic E-state index is 5.87. The van der Waals surface area contributed by atoms with Crippen molar-refractivity contribution in [2.24, 2.45) is 0 Å². The number of rotatable bonds is 6. The maximum absolute atomic E-state index is 5.87. The third-order valence-corrected chi connectivity index (χ3v) is 2.95. The normalized spacial score (nSPS) is 12.6. The summed E-state index contributed by atoms with van der Waals surface area (Å²) in [4.78, 5) is 0. The largest absolute Gasteiger partial charge is 0.399 e. The van der Waals surface area contributed by atoms with Crippen LogP contribution in [0.4, 0.5) is 5.69 Å². The van der Waals surface area contributed by atoms with Crippen LogP contribution >= 0.6 is 0 Å². The van der Waals surface area contributed by atoms with Gasteiger partial charge < -0.3 is 15.2 Å². The molecule has 20 heavy (non-hydrogen) atoms. The fourth-order valence-electron chi connectivity index (χ4n) is 2.05. The second kappa shape index (κ2) is 6.44. The molecular weight excluding hydrogens is 258 g/mol. The van der Waals surface area contributed by atoms with Gasteiger partial charge in [0.15, 0.2) is 5.82 Å². The van der Waals surface area contributed by atoms with E-state index in [9.17, 15) is 0 Å². The number of methoxy groups -OCH3 is 2. The molecule has 2 N–H and O–H groups in total. The number of aryl methyl sites for hydroxylation is 1. The molecule has 0 fully saturated rings. The van der Waals surface area contributed by atoms with Crippen LogP contribution in [0.25, 0.3) is 11.4 Å². The van der Waals surface area contributed by atoms with E-state index in [1.165, 1.54) is 0 Å². The number of aromatic nitrogens is 4. The van der Waals surface area contributed by atoms with E-state index in [4.69, 9.17) is 15.2 Å². The van der Waals surface area contributed by atoms with Gasteiger partial charge in [0.1, 0.15) is 6.10 Å². The fourth-order valence-corrected chi connectivity index (χ4v) is 2.05. The van der Waals surface area contributed by atoms with E-state index in [2.05, 4.69) is 15.5 Å². The number of ether oxygens (including phenoxy) is 2. The highest BCUT2D eigenvalue weighted by Gasteiger charge is 2.15. The molecule has 0 aliphatic carbocycles. The van der Waals surface area contributed by atoms with E-state index in [0.29, 0.717) is 24.7 Å². The lowest BCUT2D eigenvalue weighted by atomic mass is 10.1. The summed E-state index contributed by atoms with van der Waals surface area (Å²) in [5.74, 6) is 0.665. The molecule has 0 saturated carbocycles. The average Bonchev–Trinajstić information content (AvgIpc) is 2.85. The number of hydrogen-bond donors (Lipinski definition) is 1. The molecule has 7 nitrogen and oxygen atoms in total. The van der Waals surface area contributed by atoms with E-state index >= 15 is 0 Å². The van der Waals surface area contributed by atoms with Crippen molar-refractivity contribution in [1.82, 2.24) is 20.2 Å². The Morgan fingerprint density at radius 1 is 1.30 bits per heavy atom. The first kappa shape index (κ1) is 14.4. The average molecular weight is 277 g/mol. The smallest absolute Gasteiger partial charge is 0.182 e. The van der Waals surface area contributed by atoms with E-state index in [1.54, 1.807) is 18.9 Å².